The lowest BCUT2D eigenvalue weighted by Crippen LogP contribution is -2.53. The van der Waals surface area contributed by atoms with Crippen molar-refractivity contribution in [1.29, 1.82) is 0 Å². The van der Waals surface area contributed by atoms with Gasteiger partial charge in [-0.3, -0.25) is 4.90 Å². The molecule has 0 spiro atoms. The first kappa shape index (κ1) is 25.3. The van der Waals surface area contributed by atoms with Crippen LogP contribution in [0.3, 0.4) is 0 Å². The van der Waals surface area contributed by atoms with E-state index in [1.165, 1.54) is 26.0 Å². The topological polar surface area (TPSA) is 62.1 Å². The second kappa shape index (κ2) is 9.84. The van der Waals surface area contributed by atoms with Crippen molar-refractivity contribution in [2.24, 2.45) is 5.92 Å². The molecule has 0 radical (unpaired) electrons. The number of halogens is 4. The van der Waals surface area contributed by atoms with Gasteiger partial charge in [-0.15, -0.1) is 5.10 Å². The van der Waals surface area contributed by atoms with Crippen LogP contribution in [0.25, 0.3) is 11.5 Å². The molecule has 2 heterocycles. The van der Waals surface area contributed by atoms with Gasteiger partial charge in [0.2, 0.25) is 5.89 Å². The zero-order valence-electron chi connectivity index (χ0n) is 20.2. The molecule has 1 fully saturated rings. The summed E-state index contributed by atoms with van der Waals surface area (Å²) in [5, 5.41) is 6.79. The second-order valence-electron chi connectivity index (χ2n) is 9.96. The van der Waals surface area contributed by atoms with Gasteiger partial charge in [-0.05, 0) is 72.9 Å². The smallest absolute Gasteiger partial charge is 0.388 e. The Balaban J connectivity index is 1.48. The summed E-state index contributed by atoms with van der Waals surface area (Å²) in [6.07, 6.45) is 0. The Kier molecular flexibility index (Phi) is 6.72. The maximum absolute atomic E-state index is 15.4. The maximum atomic E-state index is 15.4. The van der Waals surface area contributed by atoms with Gasteiger partial charge >= 0.3 is 5.76 Å². The van der Waals surface area contributed by atoms with Crippen molar-refractivity contribution in [2.75, 3.05) is 13.1 Å². The van der Waals surface area contributed by atoms with E-state index in [1.807, 2.05) is 30.3 Å². The summed E-state index contributed by atoms with van der Waals surface area (Å²) in [5.74, 6) is -2.76. The monoisotopic (exact) mass is 527 g/mol. The van der Waals surface area contributed by atoms with Crippen molar-refractivity contribution in [1.82, 2.24) is 15.1 Å². The lowest BCUT2D eigenvalue weighted by Gasteiger charge is -2.50. The predicted octanol–water partition coefficient (Wildman–Crippen LogP) is 6.51. The summed E-state index contributed by atoms with van der Waals surface area (Å²) < 4.78 is 48.5. The van der Waals surface area contributed by atoms with Crippen LogP contribution in [0.2, 0.25) is 5.02 Å². The first-order valence-electron chi connectivity index (χ1n) is 11.9. The van der Waals surface area contributed by atoms with E-state index >= 15 is 4.39 Å². The van der Waals surface area contributed by atoms with E-state index < -0.39 is 29.0 Å². The second-order valence-corrected chi connectivity index (χ2v) is 10.4. The number of nitrogens with zero attached hydrogens (tertiary/aromatic N) is 2. The number of likely N-dealkylation sites (tertiary alicyclic amines) is 1. The van der Waals surface area contributed by atoms with Gasteiger partial charge in [0.25, 0.3) is 0 Å². The van der Waals surface area contributed by atoms with Crippen LogP contribution >= 0.6 is 11.6 Å². The van der Waals surface area contributed by atoms with E-state index in [0.29, 0.717) is 29.2 Å². The summed E-state index contributed by atoms with van der Waals surface area (Å²) >= 11 is 6.14. The third-order valence-electron chi connectivity index (χ3n) is 6.83. The summed E-state index contributed by atoms with van der Waals surface area (Å²) in [6, 6.07) is 18.0. The fraction of sp³-hybridized carbons (Fsp3) is 0.286. The Bertz CT molecular complexity index is 1440. The minimum Gasteiger partial charge on any atom is -0.388 e. The highest BCUT2D eigenvalue weighted by molar-refractivity contribution is 6.30. The molecule has 192 valence electrons. The molecule has 5 rings (SSSR count). The number of aromatic nitrogens is 2. The van der Waals surface area contributed by atoms with Gasteiger partial charge in [-0.1, -0.05) is 35.9 Å². The van der Waals surface area contributed by atoms with Crippen LogP contribution in [0.5, 0.6) is 0 Å². The number of hydrogen-bond acceptors (Lipinski definition) is 4. The number of benzene rings is 3. The molecule has 0 amide bonds. The molecule has 1 unspecified atom stereocenters. The van der Waals surface area contributed by atoms with Crippen LogP contribution in [0.15, 0.2) is 75.9 Å². The van der Waals surface area contributed by atoms with E-state index in [-0.39, 0.29) is 17.9 Å². The summed E-state index contributed by atoms with van der Waals surface area (Å²) in [6.45, 7) is 3.90. The minimum absolute atomic E-state index is 0.163. The average Bonchev–Trinajstić information content (AvgIpc) is 3.24. The maximum Gasteiger partial charge on any atom is 0.434 e. The van der Waals surface area contributed by atoms with Crippen molar-refractivity contribution in [3.05, 3.63) is 111 Å². The highest BCUT2D eigenvalue weighted by atomic mass is 35.5. The summed E-state index contributed by atoms with van der Waals surface area (Å²) in [5.41, 5.74) is 1.13. The zero-order chi connectivity index (χ0) is 26.3. The molecule has 3 aromatic carbocycles. The molecule has 5 nitrogen and oxygen atoms in total. The number of nitrogens with one attached hydrogen (secondary N) is 1. The van der Waals surface area contributed by atoms with Gasteiger partial charge in [0.15, 0.2) is 0 Å². The van der Waals surface area contributed by atoms with Gasteiger partial charge < -0.3 is 4.42 Å². The highest BCUT2D eigenvalue weighted by Gasteiger charge is 2.45. The van der Waals surface area contributed by atoms with Crippen LogP contribution in [-0.4, -0.2) is 33.9 Å². The van der Waals surface area contributed by atoms with Crippen molar-refractivity contribution in [3.63, 3.8) is 0 Å². The first-order chi connectivity index (χ1) is 17.6. The number of hydrogen-bond donors (Lipinski definition) is 1. The van der Waals surface area contributed by atoms with Crippen molar-refractivity contribution in [2.45, 2.75) is 31.5 Å². The summed E-state index contributed by atoms with van der Waals surface area (Å²) in [7, 11) is 0. The van der Waals surface area contributed by atoms with E-state index in [2.05, 4.69) is 15.1 Å². The van der Waals surface area contributed by atoms with Crippen molar-refractivity contribution in [3.8, 4) is 11.5 Å². The Labute approximate surface area is 216 Å². The number of H-pyrrole nitrogens is 1. The molecule has 1 aliphatic heterocycles. The van der Waals surface area contributed by atoms with Gasteiger partial charge in [-0.2, -0.15) is 0 Å². The fourth-order valence-corrected chi connectivity index (χ4v) is 5.53. The number of alkyl halides is 1. The van der Waals surface area contributed by atoms with E-state index in [4.69, 9.17) is 16.0 Å². The molecule has 37 heavy (non-hydrogen) atoms. The summed E-state index contributed by atoms with van der Waals surface area (Å²) in [4.78, 5) is 13.6. The normalized spacial score (nSPS) is 16.4. The quantitative estimate of drug-likeness (QED) is 0.297. The molecule has 9 heteroatoms. The predicted molar refractivity (Wildman–Crippen MR) is 135 cm³/mol. The Hall–Kier alpha value is -3.36. The Morgan fingerprint density at radius 2 is 1.68 bits per heavy atom. The van der Waals surface area contributed by atoms with Gasteiger partial charge in [0.05, 0.1) is 6.04 Å². The zero-order valence-corrected chi connectivity index (χ0v) is 21.0. The van der Waals surface area contributed by atoms with Gasteiger partial charge in [-0.25, -0.2) is 23.1 Å². The van der Waals surface area contributed by atoms with Crippen LogP contribution in [-0.2, 0) is 0 Å². The van der Waals surface area contributed by atoms with Crippen molar-refractivity contribution < 1.29 is 17.6 Å². The Morgan fingerprint density at radius 3 is 2.27 bits per heavy atom. The SMILES string of the molecule is CC(C)(F)[C@H](c1cc(F)cc(F)c1)C1CN(C(c2ccc(Cl)cc2)c2cccc(-c3n[nH]c(=O)o3)c2)C1. The van der Waals surface area contributed by atoms with Crippen LogP contribution in [0, 0.1) is 17.6 Å². The lowest BCUT2D eigenvalue weighted by atomic mass is 9.72. The number of aromatic amines is 1. The molecule has 4 aromatic rings. The third kappa shape index (κ3) is 5.36. The fourth-order valence-electron chi connectivity index (χ4n) is 5.41. The van der Waals surface area contributed by atoms with Crippen LogP contribution < -0.4 is 5.76 Å². The van der Waals surface area contributed by atoms with Gasteiger partial charge in [0.1, 0.15) is 17.3 Å². The minimum atomic E-state index is -1.69. The molecule has 0 saturated carbocycles. The standard InChI is InChI=1S/C28H25ClF3N3O2/c1-28(2,32)24(19-11-22(30)13-23(31)12-19)20-14-35(15-20)25(16-6-8-21(29)9-7-16)17-4-3-5-18(10-17)26-33-34-27(36)37-26/h3-13,20,24-25H,14-15H2,1-2H3,(H,34,36)/t24-,25?/m1/s1. The molecule has 1 saturated heterocycles. The molecule has 1 N–H and O–H groups in total. The van der Waals surface area contributed by atoms with Crippen LogP contribution in [0.4, 0.5) is 13.2 Å². The Morgan fingerprint density at radius 1 is 1.00 bits per heavy atom. The molecule has 2 atom stereocenters. The molecule has 0 bridgehead atoms. The molecular weight excluding hydrogens is 503 g/mol. The lowest BCUT2D eigenvalue weighted by molar-refractivity contribution is 0.00805. The third-order valence-corrected chi connectivity index (χ3v) is 7.08. The molecule has 0 aliphatic carbocycles. The number of rotatable bonds is 7. The van der Waals surface area contributed by atoms with E-state index in [0.717, 1.165) is 17.2 Å². The molecule has 1 aromatic heterocycles. The average molecular weight is 528 g/mol. The van der Waals surface area contributed by atoms with E-state index in [9.17, 15) is 13.6 Å². The van der Waals surface area contributed by atoms with E-state index in [1.54, 1.807) is 18.2 Å². The first-order valence-corrected chi connectivity index (χ1v) is 12.3. The molecule has 1 aliphatic rings. The largest absolute Gasteiger partial charge is 0.434 e. The van der Waals surface area contributed by atoms with Crippen molar-refractivity contribution >= 4 is 11.6 Å². The van der Waals surface area contributed by atoms with Crippen LogP contribution in [0.1, 0.15) is 42.5 Å². The van der Waals surface area contributed by atoms with Gasteiger partial charge in [0, 0.05) is 35.7 Å². The highest BCUT2D eigenvalue weighted by Crippen LogP contribution is 2.46. The molecular formula is C28H25ClF3N3O2.